The average Bonchev–Trinajstić information content (AvgIpc) is 3.14. The molecule has 13 nitrogen and oxygen atoms in total. The summed E-state index contributed by atoms with van der Waals surface area (Å²) in [6.45, 7) is 3.16. The van der Waals surface area contributed by atoms with E-state index in [4.69, 9.17) is 14.0 Å². The van der Waals surface area contributed by atoms with Crippen LogP contribution in [0.15, 0.2) is 0 Å². The van der Waals surface area contributed by atoms with Crippen LogP contribution >= 0.6 is 0 Å². The van der Waals surface area contributed by atoms with Crippen LogP contribution in [0.5, 0.6) is 0 Å². The Hall–Kier alpha value is -0.940. The van der Waals surface area contributed by atoms with E-state index in [0.29, 0.717) is 19.3 Å². The monoisotopic (exact) mass is 798 g/mol. The summed E-state index contributed by atoms with van der Waals surface area (Å²) in [6.07, 6.45) is 19.4. The number of carbonyl (C=O) groups is 1. The molecule has 0 aromatic rings. The Morgan fingerprint density at radius 1 is 0.667 bits per heavy atom. The number of aliphatic hydroxyl groups excluding tert-OH is 5. The molecule has 1 rings (SSSR count). The van der Waals surface area contributed by atoms with Crippen molar-refractivity contribution in [2.75, 3.05) is 13.2 Å². The molecule has 8 unspecified atom stereocenters. The molecular weight excluding hydrogens is 719 g/mol. The SMILES string of the molecule is CCCCCCCCCCCCCCCCCCCCCCC(O)C(=O)NC(COC1OC(CO)C(O)C(OS(=O)(=O)O)C1O)C(O)CCCCCCC. The molecule has 1 aliphatic rings. The molecule has 54 heavy (non-hydrogen) atoms. The number of aliphatic hydroxyl groups is 5. The zero-order valence-corrected chi connectivity index (χ0v) is 34.5. The molecule has 322 valence electrons. The number of hydrogen-bond acceptors (Lipinski definition) is 11. The minimum atomic E-state index is -5.10. The Balaban J connectivity index is 2.38. The van der Waals surface area contributed by atoms with Crippen molar-refractivity contribution in [3.63, 3.8) is 0 Å². The second-order valence-corrected chi connectivity index (χ2v) is 16.5. The Morgan fingerprint density at radius 3 is 1.48 bits per heavy atom. The van der Waals surface area contributed by atoms with Gasteiger partial charge in [-0.1, -0.05) is 174 Å². The second kappa shape index (κ2) is 32.1. The fraction of sp³-hybridized carbons (Fsp3) is 0.975. The Kier molecular flexibility index (Phi) is 30.3. The third-order valence-electron chi connectivity index (χ3n) is 10.5. The molecule has 0 aromatic heterocycles. The van der Waals surface area contributed by atoms with Crippen LogP contribution in [0.25, 0.3) is 0 Å². The van der Waals surface area contributed by atoms with Crippen LogP contribution in [-0.4, -0.2) is 107 Å². The van der Waals surface area contributed by atoms with E-state index < -0.39 is 78.5 Å². The summed E-state index contributed by atoms with van der Waals surface area (Å²) in [5, 5.41) is 54.8. The highest BCUT2D eigenvalue weighted by molar-refractivity contribution is 7.80. The van der Waals surface area contributed by atoms with Gasteiger partial charge in [-0.2, -0.15) is 8.42 Å². The Morgan fingerprint density at radius 2 is 1.07 bits per heavy atom. The lowest BCUT2D eigenvalue weighted by Gasteiger charge is -2.41. The fourth-order valence-electron chi connectivity index (χ4n) is 7.05. The van der Waals surface area contributed by atoms with Crippen LogP contribution in [0.1, 0.15) is 187 Å². The van der Waals surface area contributed by atoms with E-state index in [1.165, 1.54) is 103 Å². The molecule has 14 heteroatoms. The Bertz CT molecular complexity index is 1010. The normalized spacial score (nSPS) is 22.3. The third-order valence-corrected chi connectivity index (χ3v) is 11.0. The topological polar surface area (TPSA) is 212 Å². The van der Waals surface area contributed by atoms with Crippen LogP contribution in [0, 0.1) is 0 Å². The summed E-state index contributed by atoms with van der Waals surface area (Å²) in [6, 6.07) is -1.02. The van der Waals surface area contributed by atoms with Crippen LogP contribution in [-0.2, 0) is 28.9 Å². The summed E-state index contributed by atoms with van der Waals surface area (Å²) in [5.74, 6) is -0.673. The first kappa shape index (κ1) is 51.1. The van der Waals surface area contributed by atoms with Gasteiger partial charge in [0.15, 0.2) is 6.29 Å². The van der Waals surface area contributed by atoms with Gasteiger partial charge in [0.1, 0.15) is 30.5 Å². The van der Waals surface area contributed by atoms with Crippen molar-refractivity contribution in [2.24, 2.45) is 0 Å². The van der Waals surface area contributed by atoms with Gasteiger partial charge in [0.2, 0.25) is 5.91 Å². The molecule has 8 atom stereocenters. The minimum absolute atomic E-state index is 0.265. The van der Waals surface area contributed by atoms with E-state index >= 15 is 0 Å². The zero-order valence-electron chi connectivity index (χ0n) is 33.7. The number of rotatable bonds is 36. The first-order chi connectivity index (χ1) is 25.9. The van der Waals surface area contributed by atoms with Gasteiger partial charge in [-0.3, -0.25) is 9.35 Å². The van der Waals surface area contributed by atoms with Gasteiger partial charge in [0.25, 0.3) is 0 Å². The molecule has 0 saturated carbocycles. The van der Waals surface area contributed by atoms with E-state index in [9.17, 15) is 38.7 Å². The summed E-state index contributed by atoms with van der Waals surface area (Å²) < 4.78 is 47.2. The lowest BCUT2D eigenvalue weighted by atomic mass is 9.99. The minimum Gasteiger partial charge on any atom is -0.394 e. The number of carbonyl (C=O) groups excluding carboxylic acids is 1. The molecule has 0 aromatic carbocycles. The average molecular weight is 798 g/mol. The second-order valence-electron chi connectivity index (χ2n) is 15.4. The highest BCUT2D eigenvalue weighted by Crippen LogP contribution is 2.26. The molecule has 1 heterocycles. The van der Waals surface area contributed by atoms with Crippen molar-refractivity contribution in [3.05, 3.63) is 0 Å². The van der Waals surface area contributed by atoms with Crippen molar-refractivity contribution >= 4 is 16.3 Å². The van der Waals surface area contributed by atoms with Gasteiger partial charge in [-0.05, 0) is 12.8 Å². The number of hydrogen-bond donors (Lipinski definition) is 7. The number of ether oxygens (including phenoxy) is 2. The van der Waals surface area contributed by atoms with Crippen molar-refractivity contribution in [1.82, 2.24) is 5.32 Å². The van der Waals surface area contributed by atoms with E-state index in [2.05, 4.69) is 23.3 Å². The molecule has 1 aliphatic heterocycles. The number of unbranched alkanes of at least 4 members (excludes halogenated alkanes) is 23. The van der Waals surface area contributed by atoms with Crippen LogP contribution in [0.2, 0.25) is 0 Å². The summed E-state index contributed by atoms with van der Waals surface area (Å²) in [5.41, 5.74) is 0. The number of nitrogens with one attached hydrogen (secondary N) is 1. The van der Waals surface area contributed by atoms with Gasteiger partial charge in [-0.15, -0.1) is 0 Å². The van der Waals surface area contributed by atoms with Crippen molar-refractivity contribution in [1.29, 1.82) is 0 Å². The van der Waals surface area contributed by atoms with E-state index in [-0.39, 0.29) is 6.42 Å². The van der Waals surface area contributed by atoms with Gasteiger partial charge >= 0.3 is 10.4 Å². The molecule has 0 radical (unpaired) electrons. The molecule has 1 amide bonds. The van der Waals surface area contributed by atoms with E-state index in [1.807, 2.05) is 0 Å². The molecular formula is C40H79NO12S. The first-order valence-electron chi connectivity index (χ1n) is 21.5. The first-order valence-corrected chi connectivity index (χ1v) is 22.9. The van der Waals surface area contributed by atoms with Gasteiger partial charge in [-0.25, -0.2) is 4.18 Å². The molecule has 1 fully saturated rings. The van der Waals surface area contributed by atoms with Crippen LogP contribution in [0.4, 0.5) is 0 Å². The predicted molar refractivity (Wildman–Crippen MR) is 210 cm³/mol. The van der Waals surface area contributed by atoms with Crippen molar-refractivity contribution in [2.45, 2.75) is 236 Å². The van der Waals surface area contributed by atoms with Crippen molar-refractivity contribution < 1.29 is 57.0 Å². The molecule has 0 bridgehead atoms. The zero-order chi connectivity index (χ0) is 40.0. The van der Waals surface area contributed by atoms with Gasteiger partial charge in [0.05, 0.1) is 25.4 Å². The summed E-state index contributed by atoms with van der Waals surface area (Å²) in [4.78, 5) is 13.0. The van der Waals surface area contributed by atoms with Crippen molar-refractivity contribution in [3.8, 4) is 0 Å². The van der Waals surface area contributed by atoms with Crippen LogP contribution < -0.4 is 5.32 Å². The maximum absolute atomic E-state index is 13.0. The largest absolute Gasteiger partial charge is 0.397 e. The number of amides is 1. The quantitative estimate of drug-likeness (QED) is 0.0271. The molecule has 1 saturated heterocycles. The molecule has 0 aliphatic carbocycles. The van der Waals surface area contributed by atoms with Gasteiger partial charge in [0, 0.05) is 0 Å². The predicted octanol–water partition coefficient (Wildman–Crippen LogP) is 6.41. The lowest BCUT2D eigenvalue weighted by Crippen LogP contribution is -2.61. The standard InChI is InChI=1S/C40H79NO12S/c1-3-5-7-9-10-11-12-13-14-15-16-17-18-19-20-21-22-23-25-27-29-34(44)39(47)41-32(33(43)28-26-24-8-6-4-2)31-51-40-37(46)38(53-54(48,49)50)36(45)35(30-42)52-40/h32-38,40,42-46H,3-31H2,1-2H3,(H,41,47)(H,48,49,50). The van der Waals surface area contributed by atoms with Crippen LogP contribution in [0.3, 0.4) is 0 Å². The highest BCUT2D eigenvalue weighted by Gasteiger charge is 2.48. The maximum atomic E-state index is 13.0. The lowest BCUT2D eigenvalue weighted by molar-refractivity contribution is -0.298. The molecule has 7 N–H and O–H groups in total. The van der Waals surface area contributed by atoms with Gasteiger partial charge < -0.3 is 40.3 Å². The molecule has 0 spiro atoms. The Labute approximate surface area is 327 Å². The highest BCUT2D eigenvalue weighted by atomic mass is 32.3. The van der Waals surface area contributed by atoms with E-state index in [0.717, 1.165) is 44.9 Å². The third kappa shape index (κ3) is 24.6. The summed E-state index contributed by atoms with van der Waals surface area (Å²) >= 11 is 0. The summed E-state index contributed by atoms with van der Waals surface area (Å²) in [7, 11) is -5.10. The van der Waals surface area contributed by atoms with E-state index in [1.54, 1.807) is 0 Å². The maximum Gasteiger partial charge on any atom is 0.397 e. The smallest absolute Gasteiger partial charge is 0.394 e. The fourth-order valence-corrected chi connectivity index (χ4v) is 7.56.